The summed E-state index contributed by atoms with van der Waals surface area (Å²) >= 11 is 1.38. The molecule has 146 valence electrons. The SMILES string of the molecule is O=C(Nc1cn(C2CC(O)C2)nc1-c1ccccn1)c1csc(-c2cn[nH]c2)n1. The van der Waals surface area contributed by atoms with E-state index in [0.717, 1.165) is 5.56 Å². The van der Waals surface area contributed by atoms with Crippen LogP contribution >= 0.6 is 11.3 Å². The van der Waals surface area contributed by atoms with Crippen molar-refractivity contribution >= 4 is 22.9 Å². The Morgan fingerprint density at radius 1 is 1.34 bits per heavy atom. The molecule has 3 N–H and O–H groups in total. The normalized spacial score (nSPS) is 18.4. The second-order valence-corrected chi connectivity index (χ2v) is 7.70. The molecule has 1 aliphatic rings. The highest BCUT2D eigenvalue weighted by atomic mass is 32.1. The van der Waals surface area contributed by atoms with E-state index in [1.165, 1.54) is 11.3 Å². The summed E-state index contributed by atoms with van der Waals surface area (Å²) in [6, 6.07) is 5.66. The highest BCUT2D eigenvalue weighted by Crippen LogP contribution is 2.35. The minimum absolute atomic E-state index is 0.116. The zero-order valence-electron chi connectivity index (χ0n) is 15.2. The smallest absolute Gasteiger partial charge is 0.275 e. The molecule has 4 aromatic rings. The van der Waals surface area contributed by atoms with Gasteiger partial charge in [-0.25, -0.2) is 4.98 Å². The van der Waals surface area contributed by atoms with Crippen LogP contribution in [0, 0.1) is 0 Å². The summed E-state index contributed by atoms with van der Waals surface area (Å²) in [6.45, 7) is 0. The Morgan fingerprint density at radius 2 is 2.24 bits per heavy atom. The number of carbonyl (C=O) groups excluding carboxylic acids is 1. The van der Waals surface area contributed by atoms with Crippen molar-refractivity contribution in [3.63, 3.8) is 0 Å². The van der Waals surface area contributed by atoms with E-state index < -0.39 is 0 Å². The first-order chi connectivity index (χ1) is 14.2. The van der Waals surface area contributed by atoms with Crippen molar-refractivity contribution in [1.29, 1.82) is 0 Å². The number of hydrogen-bond acceptors (Lipinski definition) is 7. The number of amides is 1. The van der Waals surface area contributed by atoms with Gasteiger partial charge in [-0.05, 0) is 25.0 Å². The van der Waals surface area contributed by atoms with Crippen LogP contribution in [-0.4, -0.2) is 47.1 Å². The van der Waals surface area contributed by atoms with Crippen molar-refractivity contribution in [2.45, 2.75) is 25.0 Å². The Morgan fingerprint density at radius 3 is 2.97 bits per heavy atom. The number of aliphatic hydroxyl groups is 1. The first kappa shape index (κ1) is 17.7. The monoisotopic (exact) mass is 407 g/mol. The Kier molecular flexibility index (Phi) is 4.41. The average Bonchev–Trinajstić information content (AvgIpc) is 3.45. The molecule has 0 atom stereocenters. The number of pyridine rings is 1. The Labute approximate surface area is 169 Å². The van der Waals surface area contributed by atoms with Gasteiger partial charge in [0, 0.05) is 29.5 Å². The molecule has 1 amide bonds. The topological polar surface area (TPSA) is 122 Å². The molecule has 0 spiro atoms. The highest BCUT2D eigenvalue weighted by molar-refractivity contribution is 7.13. The quantitative estimate of drug-likeness (QED) is 0.468. The first-order valence-corrected chi connectivity index (χ1v) is 10.00. The number of nitrogens with zero attached hydrogens (tertiary/aromatic N) is 5. The van der Waals surface area contributed by atoms with E-state index in [4.69, 9.17) is 0 Å². The number of aliphatic hydroxyl groups excluding tert-OH is 1. The zero-order valence-corrected chi connectivity index (χ0v) is 16.0. The van der Waals surface area contributed by atoms with E-state index >= 15 is 0 Å². The third kappa shape index (κ3) is 3.43. The van der Waals surface area contributed by atoms with Gasteiger partial charge in [-0.1, -0.05) is 6.07 Å². The molecule has 0 radical (unpaired) electrons. The summed E-state index contributed by atoms with van der Waals surface area (Å²) in [7, 11) is 0. The fourth-order valence-electron chi connectivity index (χ4n) is 3.20. The molecular formula is C19H17N7O2S. The van der Waals surface area contributed by atoms with E-state index in [9.17, 15) is 9.90 Å². The van der Waals surface area contributed by atoms with Crippen LogP contribution in [0.4, 0.5) is 5.69 Å². The van der Waals surface area contributed by atoms with Crippen molar-refractivity contribution in [2.75, 3.05) is 5.32 Å². The van der Waals surface area contributed by atoms with Crippen molar-refractivity contribution in [3.8, 4) is 22.0 Å². The summed E-state index contributed by atoms with van der Waals surface area (Å²) in [5, 5.41) is 26.2. The van der Waals surface area contributed by atoms with Crippen LogP contribution in [0.25, 0.3) is 22.0 Å². The second kappa shape index (κ2) is 7.22. The van der Waals surface area contributed by atoms with Crippen LogP contribution in [0.1, 0.15) is 29.4 Å². The number of carbonyl (C=O) groups is 1. The Hall–Kier alpha value is -3.37. The third-order valence-electron chi connectivity index (χ3n) is 4.83. The van der Waals surface area contributed by atoms with Gasteiger partial charge in [0.2, 0.25) is 0 Å². The molecule has 9 nitrogen and oxygen atoms in total. The number of aromatic amines is 1. The molecule has 1 aliphatic carbocycles. The molecule has 1 fully saturated rings. The highest BCUT2D eigenvalue weighted by Gasteiger charge is 2.30. The summed E-state index contributed by atoms with van der Waals surface area (Å²) in [5.41, 5.74) is 2.97. The predicted octanol–water partition coefficient (Wildman–Crippen LogP) is 2.74. The van der Waals surface area contributed by atoms with Crippen LogP contribution in [0.2, 0.25) is 0 Å². The standard InChI is InChI=1S/C19H17N7O2S/c27-13-5-12(6-13)26-9-15(17(25-26)14-3-1-2-4-20-14)23-18(28)16-10-29-19(24-16)11-7-21-22-8-11/h1-4,7-10,12-13,27H,5-6H2,(H,21,22)(H,23,28). The van der Waals surface area contributed by atoms with E-state index in [2.05, 4.69) is 30.6 Å². The number of H-pyrrole nitrogens is 1. The number of rotatable bonds is 5. The van der Waals surface area contributed by atoms with Crippen molar-refractivity contribution in [2.24, 2.45) is 0 Å². The maximum absolute atomic E-state index is 12.8. The number of nitrogens with one attached hydrogen (secondary N) is 2. The molecule has 29 heavy (non-hydrogen) atoms. The fourth-order valence-corrected chi connectivity index (χ4v) is 3.98. The summed E-state index contributed by atoms with van der Waals surface area (Å²) in [6.07, 6.45) is 7.88. The molecular weight excluding hydrogens is 390 g/mol. The van der Waals surface area contributed by atoms with Crippen molar-refractivity contribution < 1.29 is 9.90 Å². The molecule has 0 unspecified atom stereocenters. The maximum atomic E-state index is 12.8. The van der Waals surface area contributed by atoms with Gasteiger partial charge >= 0.3 is 0 Å². The summed E-state index contributed by atoms with van der Waals surface area (Å²) in [4.78, 5) is 21.6. The van der Waals surface area contributed by atoms with Crippen LogP contribution in [-0.2, 0) is 0 Å². The van der Waals surface area contributed by atoms with Crippen LogP contribution in [0.5, 0.6) is 0 Å². The number of anilines is 1. The van der Waals surface area contributed by atoms with Crippen LogP contribution < -0.4 is 5.32 Å². The first-order valence-electron chi connectivity index (χ1n) is 9.12. The molecule has 4 aromatic heterocycles. The molecule has 10 heteroatoms. The lowest BCUT2D eigenvalue weighted by molar-refractivity contribution is 0.0435. The minimum Gasteiger partial charge on any atom is -0.393 e. The zero-order chi connectivity index (χ0) is 19.8. The van der Waals surface area contributed by atoms with Gasteiger partial charge in [-0.3, -0.25) is 19.6 Å². The van der Waals surface area contributed by atoms with E-state index in [1.807, 2.05) is 18.2 Å². The molecule has 0 aliphatic heterocycles. The number of aromatic nitrogens is 6. The lowest BCUT2D eigenvalue weighted by atomic mass is 9.90. The van der Waals surface area contributed by atoms with E-state index in [1.54, 1.807) is 34.8 Å². The lowest BCUT2D eigenvalue weighted by Crippen LogP contribution is -2.31. The third-order valence-corrected chi connectivity index (χ3v) is 5.72. The molecule has 5 rings (SSSR count). The average molecular weight is 407 g/mol. The van der Waals surface area contributed by atoms with Gasteiger partial charge in [0.15, 0.2) is 0 Å². The lowest BCUT2D eigenvalue weighted by Gasteiger charge is -2.31. The van der Waals surface area contributed by atoms with Crippen LogP contribution in [0.15, 0.2) is 48.4 Å². The molecule has 4 heterocycles. The van der Waals surface area contributed by atoms with Gasteiger partial charge in [0.05, 0.1) is 29.7 Å². The maximum Gasteiger partial charge on any atom is 0.275 e. The van der Waals surface area contributed by atoms with Crippen molar-refractivity contribution in [1.82, 2.24) is 29.9 Å². The largest absolute Gasteiger partial charge is 0.393 e. The molecule has 0 bridgehead atoms. The predicted molar refractivity (Wildman–Crippen MR) is 107 cm³/mol. The number of hydrogen-bond donors (Lipinski definition) is 3. The van der Waals surface area contributed by atoms with Crippen LogP contribution in [0.3, 0.4) is 0 Å². The summed E-state index contributed by atoms with van der Waals surface area (Å²) in [5.74, 6) is -0.318. The molecule has 1 saturated carbocycles. The van der Waals surface area contributed by atoms with E-state index in [0.29, 0.717) is 40.6 Å². The Balaban J connectivity index is 1.43. The Bertz CT molecular complexity index is 1130. The number of thiazole rings is 1. The summed E-state index contributed by atoms with van der Waals surface area (Å²) < 4.78 is 1.80. The fraction of sp³-hybridized carbons (Fsp3) is 0.211. The molecule has 0 saturated heterocycles. The van der Waals surface area contributed by atoms with Gasteiger partial charge in [-0.2, -0.15) is 10.2 Å². The van der Waals surface area contributed by atoms with Gasteiger partial charge in [-0.15, -0.1) is 11.3 Å². The second-order valence-electron chi connectivity index (χ2n) is 6.84. The van der Waals surface area contributed by atoms with Gasteiger partial charge < -0.3 is 10.4 Å². The molecule has 0 aromatic carbocycles. The minimum atomic E-state index is -0.318. The van der Waals surface area contributed by atoms with E-state index in [-0.39, 0.29) is 18.1 Å². The van der Waals surface area contributed by atoms with Crippen molar-refractivity contribution in [3.05, 3.63) is 54.1 Å². The van der Waals surface area contributed by atoms with Gasteiger partial charge in [0.25, 0.3) is 5.91 Å². The van der Waals surface area contributed by atoms with Gasteiger partial charge in [0.1, 0.15) is 16.4 Å².